The Labute approximate surface area is 185 Å². The highest BCUT2D eigenvalue weighted by Gasteiger charge is 2.28. The van der Waals surface area contributed by atoms with Crippen molar-refractivity contribution in [3.8, 4) is 0 Å². The van der Waals surface area contributed by atoms with Crippen LogP contribution in [0.15, 0.2) is 47.4 Å². The third-order valence-corrected chi connectivity index (χ3v) is 7.80. The number of carbonyl (C=O) groups excluding carboxylic acids is 1. The van der Waals surface area contributed by atoms with Gasteiger partial charge >= 0.3 is 0 Å². The highest BCUT2D eigenvalue weighted by molar-refractivity contribution is 7.89. The Morgan fingerprint density at radius 2 is 1.71 bits per heavy atom. The lowest BCUT2D eigenvalue weighted by atomic mass is 9.83. The van der Waals surface area contributed by atoms with Crippen LogP contribution >= 0.6 is 0 Å². The van der Waals surface area contributed by atoms with Gasteiger partial charge in [0.05, 0.1) is 11.0 Å². The van der Waals surface area contributed by atoms with E-state index >= 15 is 0 Å². The maximum Gasteiger partial charge on any atom is 0.255 e. The minimum Gasteiger partial charge on any atom is -0.381 e. The van der Waals surface area contributed by atoms with Gasteiger partial charge in [0, 0.05) is 24.4 Å². The fourth-order valence-corrected chi connectivity index (χ4v) is 5.59. The molecule has 1 aliphatic rings. The Kier molecular flexibility index (Phi) is 7.51. The van der Waals surface area contributed by atoms with Crippen LogP contribution < -0.4 is 10.0 Å². The Bertz CT molecular complexity index is 1030. The molecular formula is C24H32N2O4S. The van der Waals surface area contributed by atoms with Gasteiger partial charge in [-0.05, 0) is 87.8 Å². The van der Waals surface area contributed by atoms with E-state index in [0.717, 1.165) is 31.2 Å². The summed E-state index contributed by atoms with van der Waals surface area (Å²) >= 11 is 0. The highest BCUT2D eigenvalue weighted by atomic mass is 32.2. The number of benzene rings is 2. The summed E-state index contributed by atoms with van der Waals surface area (Å²) in [4.78, 5) is 12.8. The Hall–Kier alpha value is -2.22. The van der Waals surface area contributed by atoms with E-state index in [1.54, 1.807) is 32.2 Å². The first-order valence-electron chi connectivity index (χ1n) is 10.7. The molecule has 3 rings (SSSR count). The molecule has 1 amide bonds. The molecule has 2 aromatic rings. The first-order chi connectivity index (χ1) is 14.7. The molecule has 2 aromatic carbocycles. The number of anilines is 1. The predicted octanol–water partition coefficient (Wildman–Crippen LogP) is 4.43. The van der Waals surface area contributed by atoms with Crippen LogP contribution in [0.4, 0.5) is 5.69 Å². The molecule has 0 spiro atoms. The molecule has 1 fully saturated rings. The van der Waals surface area contributed by atoms with Crippen LogP contribution in [0.2, 0.25) is 0 Å². The number of hydrogen-bond acceptors (Lipinski definition) is 4. The number of hydrogen-bond donors (Lipinski definition) is 2. The van der Waals surface area contributed by atoms with Gasteiger partial charge in [0.15, 0.2) is 0 Å². The van der Waals surface area contributed by atoms with Crippen LogP contribution in [0.1, 0.15) is 54.1 Å². The molecule has 6 nitrogen and oxygen atoms in total. The molecule has 0 bridgehead atoms. The maximum absolute atomic E-state index is 12.9. The Morgan fingerprint density at radius 3 is 2.32 bits per heavy atom. The second kappa shape index (κ2) is 9.94. The Morgan fingerprint density at radius 1 is 1.03 bits per heavy atom. The molecule has 31 heavy (non-hydrogen) atoms. The Balaban J connectivity index is 1.68. The van der Waals surface area contributed by atoms with E-state index in [1.807, 2.05) is 32.0 Å². The summed E-state index contributed by atoms with van der Waals surface area (Å²) in [6, 6.07) is 12.0. The molecule has 0 heterocycles. The van der Waals surface area contributed by atoms with Crippen molar-refractivity contribution in [2.45, 2.75) is 63.5 Å². The number of amides is 1. The van der Waals surface area contributed by atoms with Gasteiger partial charge in [-0.1, -0.05) is 18.2 Å². The van der Waals surface area contributed by atoms with Crippen molar-refractivity contribution in [2.24, 2.45) is 5.92 Å². The van der Waals surface area contributed by atoms with Gasteiger partial charge in [0.25, 0.3) is 5.91 Å². The smallest absolute Gasteiger partial charge is 0.255 e. The average Bonchev–Trinajstić information content (AvgIpc) is 2.75. The third kappa shape index (κ3) is 5.73. The lowest BCUT2D eigenvalue weighted by Gasteiger charge is -2.31. The summed E-state index contributed by atoms with van der Waals surface area (Å²) in [6.45, 7) is 5.60. The van der Waals surface area contributed by atoms with Gasteiger partial charge in [-0.25, -0.2) is 13.1 Å². The molecular weight excluding hydrogens is 412 g/mol. The van der Waals surface area contributed by atoms with Crippen molar-refractivity contribution in [2.75, 3.05) is 12.4 Å². The van der Waals surface area contributed by atoms with E-state index < -0.39 is 10.0 Å². The quantitative estimate of drug-likeness (QED) is 0.662. The topological polar surface area (TPSA) is 84.5 Å². The first kappa shape index (κ1) is 23.4. The molecule has 168 valence electrons. The summed E-state index contributed by atoms with van der Waals surface area (Å²) in [5.74, 6) is 0.0881. The van der Waals surface area contributed by atoms with Crippen molar-refractivity contribution < 1.29 is 17.9 Å². The van der Waals surface area contributed by atoms with E-state index in [4.69, 9.17) is 4.74 Å². The van der Waals surface area contributed by atoms with Gasteiger partial charge in [-0.15, -0.1) is 0 Å². The second-order valence-electron chi connectivity index (χ2n) is 8.43. The zero-order chi connectivity index (χ0) is 22.6. The van der Waals surface area contributed by atoms with E-state index in [2.05, 4.69) is 10.0 Å². The van der Waals surface area contributed by atoms with Crippen LogP contribution in [0, 0.1) is 19.8 Å². The van der Waals surface area contributed by atoms with Gasteiger partial charge < -0.3 is 10.1 Å². The van der Waals surface area contributed by atoms with Crippen LogP contribution in [0.3, 0.4) is 0 Å². The molecule has 2 N–H and O–H groups in total. The number of carbonyl (C=O) groups is 1. The summed E-state index contributed by atoms with van der Waals surface area (Å²) < 4.78 is 34.1. The highest BCUT2D eigenvalue weighted by Crippen LogP contribution is 2.29. The minimum atomic E-state index is -3.65. The lowest BCUT2D eigenvalue weighted by Crippen LogP contribution is -2.40. The molecule has 1 atom stereocenters. The SMILES string of the molecule is COC1CCC([C@@H](C)NS(=O)(=O)c2ccc(NC(=O)c3ccccc3C)c(C)c2)CC1. The van der Waals surface area contributed by atoms with E-state index in [9.17, 15) is 13.2 Å². The first-order valence-corrected chi connectivity index (χ1v) is 12.2. The van der Waals surface area contributed by atoms with E-state index in [1.165, 1.54) is 6.07 Å². The standard InChI is InChI=1S/C24H32N2O4S/c1-16-7-5-6-8-22(16)24(27)25-23-14-13-21(15-17(23)2)31(28,29)26-18(3)19-9-11-20(30-4)12-10-19/h5-8,13-15,18-20,26H,9-12H2,1-4H3,(H,25,27)/t18-,19?,20?/m1/s1. The molecule has 0 aliphatic heterocycles. The number of sulfonamides is 1. The van der Waals surface area contributed by atoms with Gasteiger partial charge in [0.1, 0.15) is 0 Å². The molecule has 1 aliphatic carbocycles. The summed E-state index contributed by atoms with van der Waals surface area (Å²) in [5, 5.41) is 2.88. The van der Waals surface area contributed by atoms with E-state index in [0.29, 0.717) is 22.7 Å². The van der Waals surface area contributed by atoms with Crippen molar-refractivity contribution in [1.29, 1.82) is 0 Å². The number of ether oxygens (including phenoxy) is 1. The average molecular weight is 445 g/mol. The fraction of sp³-hybridized carbons (Fsp3) is 0.458. The van der Waals surface area contributed by atoms with Crippen LogP contribution in [-0.4, -0.2) is 33.6 Å². The van der Waals surface area contributed by atoms with Crippen LogP contribution in [0.5, 0.6) is 0 Å². The van der Waals surface area contributed by atoms with Gasteiger partial charge in [-0.3, -0.25) is 4.79 Å². The largest absolute Gasteiger partial charge is 0.381 e. The van der Waals surface area contributed by atoms with Crippen LogP contribution in [-0.2, 0) is 14.8 Å². The molecule has 7 heteroatoms. The van der Waals surface area contributed by atoms with Crippen molar-refractivity contribution in [1.82, 2.24) is 4.72 Å². The second-order valence-corrected chi connectivity index (χ2v) is 10.1. The number of rotatable bonds is 7. The third-order valence-electron chi connectivity index (χ3n) is 6.25. The monoisotopic (exact) mass is 444 g/mol. The zero-order valence-corrected chi connectivity index (χ0v) is 19.5. The fourth-order valence-electron chi connectivity index (χ4n) is 4.19. The minimum absolute atomic E-state index is 0.149. The summed E-state index contributed by atoms with van der Waals surface area (Å²) in [6.07, 6.45) is 4.10. The summed E-state index contributed by atoms with van der Waals surface area (Å²) in [7, 11) is -1.92. The molecule has 1 saturated carbocycles. The normalized spacial score (nSPS) is 20.3. The molecule has 0 unspecified atom stereocenters. The zero-order valence-electron chi connectivity index (χ0n) is 18.6. The number of aryl methyl sites for hydroxylation is 2. The van der Waals surface area contributed by atoms with Gasteiger partial charge in [-0.2, -0.15) is 0 Å². The van der Waals surface area contributed by atoms with Crippen LogP contribution in [0.25, 0.3) is 0 Å². The maximum atomic E-state index is 12.9. The summed E-state index contributed by atoms with van der Waals surface area (Å²) in [5.41, 5.74) is 2.77. The van der Waals surface area contributed by atoms with Gasteiger partial charge in [0.2, 0.25) is 10.0 Å². The number of methoxy groups -OCH3 is 1. The predicted molar refractivity (Wildman–Crippen MR) is 123 cm³/mol. The van der Waals surface area contributed by atoms with Crippen molar-refractivity contribution in [3.63, 3.8) is 0 Å². The van der Waals surface area contributed by atoms with Crippen molar-refractivity contribution in [3.05, 3.63) is 59.2 Å². The van der Waals surface area contributed by atoms with E-state index in [-0.39, 0.29) is 22.9 Å². The molecule has 0 aromatic heterocycles. The lowest BCUT2D eigenvalue weighted by molar-refractivity contribution is 0.0529. The number of nitrogens with one attached hydrogen (secondary N) is 2. The van der Waals surface area contributed by atoms with Crippen molar-refractivity contribution >= 4 is 21.6 Å². The molecule has 0 saturated heterocycles. The molecule has 0 radical (unpaired) electrons.